The summed E-state index contributed by atoms with van der Waals surface area (Å²) in [6.45, 7) is 0. The van der Waals surface area contributed by atoms with Crippen LogP contribution in [0.5, 0.6) is 0 Å². The number of carbonyl (C=O) groups excluding carboxylic acids is 1. The number of hydrogen-bond donors (Lipinski definition) is 1. The summed E-state index contributed by atoms with van der Waals surface area (Å²) in [7, 11) is 1.85. The molecular weight excluding hydrogens is 300 g/mol. The maximum absolute atomic E-state index is 12.9. The molecule has 122 valence electrons. The number of nitrogens with zero attached hydrogens (tertiary/aromatic N) is 3. The van der Waals surface area contributed by atoms with Crippen LogP contribution in [-0.4, -0.2) is 20.3 Å². The van der Waals surface area contributed by atoms with E-state index in [1.165, 1.54) is 11.1 Å². The molecule has 4 rings (SSSR count). The van der Waals surface area contributed by atoms with Gasteiger partial charge in [0.15, 0.2) is 0 Å². The van der Waals surface area contributed by atoms with E-state index in [1.54, 1.807) is 10.9 Å². The fourth-order valence-electron chi connectivity index (χ4n) is 3.51. The van der Waals surface area contributed by atoms with Crippen LogP contribution in [0.1, 0.15) is 40.4 Å². The van der Waals surface area contributed by atoms with Gasteiger partial charge in [-0.15, -0.1) is 0 Å². The normalized spacial score (nSPS) is 16.6. The SMILES string of the molecule is Cn1ncc(C(=O)NC2CCCc3ccccc32)c1-n1cccc1. The van der Waals surface area contributed by atoms with Crippen molar-refractivity contribution in [2.24, 2.45) is 7.05 Å². The van der Waals surface area contributed by atoms with Crippen LogP contribution in [0.3, 0.4) is 0 Å². The second-order valence-electron chi connectivity index (χ2n) is 6.21. The summed E-state index contributed by atoms with van der Waals surface area (Å²) in [6, 6.07) is 12.3. The lowest BCUT2D eigenvalue weighted by Crippen LogP contribution is -2.31. The minimum absolute atomic E-state index is 0.0696. The average molecular weight is 320 g/mol. The fourth-order valence-corrected chi connectivity index (χ4v) is 3.51. The van der Waals surface area contributed by atoms with Crippen molar-refractivity contribution in [1.29, 1.82) is 0 Å². The van der Waals surface area contributed by atoms with Gasteiger partial charge in [0.25, 0.3) is 5.91 Å². The second-order valence-corrected chi connectivity index (χ2v) is 6.21. The lowest BCUT2D eigenvalue weighted by atomic mass is 9.87. The van der Waals surface area contributed by atoms with Crippen molar-refractivity contribution >= 4 is 5.91 Å². The van der Waals surface area contributed by atoms with Crippen LogP contribution in [0, 0.1) is 0 Å². The number of fused-ring (bicyclic) bond motifs is 1. The fraction of sp³-hybridized carbons (Fsp3) is 0.263. The predicted molar refractivity (Wildman–Crippen MR) is 92.1 cm³/mol. The van der Waals surface area contributed by atoms with Crippen molar-refractivity contribution in [1.82, 2.24) is 19.7 Å². The summed E-state index contributed by atoms with van der Waals surface area (Å²) in [5.41, 5.74) is 3.17. The van der Waals surface area contributed by atoms with Crippen molar-refractivity contribution in [3.05, 3.63) is 71.7 Å². The van der Waals surface area contributed by atoms with Gasteiger partial charge in [-0.3, -0.25) is 9.48 Å². The van der Waals surface area contributed by atoms with E-state index in [2.05, 4.69) is 28.6 Å². The Morgan fingerprint density at radius 2 is 2.00 bits per heavy atom. The third-order valence-corrected chi connectivity index (χ3v) is 4.68. The average Bonchev–Trinajstić information content (AvgIpc) is 3.24. The molecule has 5 nitrogen and oxygen atoms in total. The van der Waals surface area contributed by atoms with Crippen molar-refractivity contribution in [3.63, 3.8) is 0 Å². The minimum atomic E-state index is -0.0755. The predicted octanol–water partition coefficient (Wildman–Crippen LogP) is 3.02. The first-order valence-corrected chi connectivity index (χ1v) is 8.28. The molecular formula is C19H20N4O. The highest BCUT2D eigenvalue weighted by atomic mass is 16.1. The molecule has 1 aliphatic carbocycles. The second kappa shape index (κ2) is 6.00. The molecule has 1 atom stereocenters. The molecule has 5 heteroatoms. The van der Waals surface area contributed by atoms with Gasteiger partial charge < -0.3 is 9.88 Å². The molecule has 1 unspecified atom stereocenters. The number of benzene rings is 1. The van der Waals surface area contributed by atoms with Crippen LogP contribution in [0.4, 0.5) is 0 Å². The van der Waals surface area contributed by atoms with E-state index in [0.717, 1.165) is 25.1 Å². The summed E-state index contributed by atoms with van der Waals surface area (Å²) < 4.78 is 3.64. The molecule has 0 fully saturated rings. The van der Waals surface area contributed by atoms with Crippen molar-refractivity contribution < 1.29 is 4.79 Å². The Kier molecular flexibility index (Phi) is 3.69. The lowest BCUT2D eigenvalue weighted by Gasteiger charge is -2.26. The van der Waals surface area contributed by atoms with Gasteiger partial charge in [0.1, 0.15) is 11.4 Å². The number of aryl methyl sites for hydroxylation is 2. The molecule has 1 N–H and O–H groups in total. The molecule has 2 heterocycles. The first-order valence-electron chi connectivity index (χ1n) is 8.28. The van der Waals surface area contributed by atoms with E-state index in [4.69, 9.17) is 0 Å². The lowest BCUT2D eigenvalue weighted by molar-refractivity contribution is 0.0932. The van der Waals surface area contributed by atoms with Gasteiger partial charge >= 0.3 is 0 Å². The van der Waals surface area contributed by atoms with Gasteiger partial charge in [0.05, 0.1) is 12.2 Å². The molecule has 0 spiro atoms. The first-order chi connectivity index (χ1) is 11.7. The Bertz CT molecular complexity index is 863. The molecule has 0 radical (unpaired) electrons. The third kappa shape index (κ3) is 2.52. The van der Waals surface area contributed by atoms with Crippen molar-refractivity contribution in [2.75, 3.05) is 0 Å². The maximum Gasteiger partial charge on any atom is 0.257 e. The summed E-state index contributed by atoms with van der Waals surface area (Å²) in [5.74, 6) is 0.704. The van der Waals surface area contributed by atoms with Gasteiger partial charge in [0, 0.05) is 19.4 Å². The van der Waals surface area contributed by atoms with Crippen LogP contribution >= 0.6 is 0 Å². The van der Waals surface area contributed by atoms with E-state index < -0.39 is 0 Å². The van der Waals surface area contributed by atoms with Crippen LogP contribution < -0.4 is 5.32 Å². The molecule has 1 aliphatic rings. The van der Waals surface area contributed by atoms with Gasteiger partial charge in [0.2, 0.25) is 0 Å². The Morgan fingerprint density at radius 3 is 2.83 bits per heavy atom. The highest BCUT2D eigenvalue weighted by molar-refractivity contribution is 5.97. The van der Waals surface area contributed by atoms with Gasteiger partial charge in [-0.25, -0.2) is 0 Å². The van der Waals surface area contributed by atoms with Crippen LogP contribution in [0.25, 0.3) is 5.82 Å². The number of amides is 1. The van der Waals surface area contributed by atoms with Gasteiger partial charge in [-0.05, 0) is 42.5 Å². The maximum atomic E-state index is 12.9. The summed E-state index contributed by atoms with van der Waals surface area (Å²) in [5, 5.41) is 7.47. The van der Waals surface area contributed by atoms with Crippen molar-refractivity contribution in [2.45, 2.75) is 25.3 Å². The summed E-state index contributed by atoms with van der Waals surface area (Å²) >= 11 is 0. The zero-order chi connectivity index (χ0) is 16.5. The van der Waals surface area contributed by atoms with E-state index in [0.29, 0.717) is 5.56 Å². The number of rotatable bonds is 3. The van der Waals surface area contributed by atoms with Gasteiger partial charge in [-0.1, -0.05) is 24.3 Å². The Labute approximate surface area is 140 Å². The molecule has 0 bridgehead atoms. The Balaban J connectivity index is 1.63. The van der Waals surface area contributed by atoms with Crippen LogP contribution in [-0.2, 0) is 13.5 Å². The summed E-state index contributed by atoms with van der Waals surface area (Å²) in [6.07, 6.45) is 8.64. The molecule has 0 saturated heterocycles. The Morgan fingerprint density at radius 1 is 1.21 bits per heavy atom. The van der Waals surface area contributed by atoms with Crippen LogP contribution in [0.2, 0.25) is 0 Å². The summed E-state index contributed by atoms with van der Waals surface area (Å²) in [4.78, 5) is 12.9. The molecule has 24 heavy (non-hydrogen) atoms. The number of aromatic nitrogens is 3. The number of carbonyl (C=O) groups is 1. The Hall–Kier alpha value is -2.82. The largest absolute Gasteiger partial charge is 0.345 e. The monoisotopic (exact) mass is 320 g/mol. The number of nitrogens with one attached hydrogen (secondary N) is 1. The smallest absolute Gasteiger partial charge is 0.257 e. The first kappa shape index (κ1) is 14.8. The molecule has 0 aliphatic heterocycles. The molecule has 2 aromatic heterocycles. The van der Waals surface area contributed by atoms with Crippen LogP contribution in [0.15, 0.2) is 55.0 Å². The third-order valence-electron chi connectivity index (χ3n) is 4.68. The molecule has 1 aromatic carbocycles. The minimum Gasteiger partial charge on any atom is -0.345 e. The molecule has 3 aromatic rings. The highest BCUT2D eigenvalue weighted by Crippen LogP contribution is 2.30. The van der Waals surface area contributed by atoms with E-state index in [9.17, 15) is 4.79 Å². The number of hydrogen-bond acceptors (Lipinski definition) is 2. The topological polar surface area (TPSA) is 51.9 Å². The zero-order valence-electron chi connectivity index (χ0n) is 13.6. The van der Waals surface area contributed by atoms with E-state index in [1.807, 2.05) is 42.2 Å². The van der Waals surface area contributed by atoms with E-state index >= 15 is 0 Å². The molecule has 0 saturated carbocycles. The standard InChI is InChI=1S/C19H20N4O/c1-22-19(23-11-4-5-12-23)16(13-20-22)18(24)21-17-10-6-8-14-7-2-3-9-15(14)17/h2-5,7,9,11-13,17H,6,8,10H2,1H3,(H,21,24). The molecule has 1 amide bonds. The van der Waals surface area contributed by atoms with Crippen molar-refractivity contribution in [3.8, 4) is 5.82 Å². The quantitative estimate of drug-likeness (QED) is 0.806. The van der Waals surface area contributed by atoms with E-state index in [-0.39, 0.29) is 11.9 Å². The highest BCUT2D eigenvalue weighted by Gasteiger charge is 2.24. The zero-order valence-corrected chi connectivity index (χ0v) is 13.6. The van der Waals surface area contributed by atoms with Gasteiger partial charge in [-0.2, -0.15) is 5.10 Å².